The number of hydrogen-bond donors (Lipinski definition) is 1. The van der Waals surface area contributed by atoms with E-state index >= 15 is 0 Å². The largest absolute Gasteiger partial charge is 0.465 e. The Balaban J connectivity index is 1.97. The Bertz CT molecular complexity index is 723. The number of methoxy groups -OCH3 is 1. The van der Waals surface area contributed by atoms with Crippen molar-refractivity contribution in [3.05, 3.63) is 35.5 Å². The van der Waals surface area contributed by atoms with Crippen LogP contribution in [0.3, 0.4) is 0 Å². The number of nitrogens with one attached hydrogen (secondary N) is 1. The Morgan fingerprint density at radius 1 is 1.52 bits per heavy atom. The van der Waals surface area contributed by atoms with E-state index < -0.39 is 5.97 Å². The van der Waals surface area contributed by atoms with Crippen molar-refractivity contribution in [2.24, 2.45) is 0 Å². The Morgan fingerprint density at radius 3 is 3.00 bits per heavy atom. The molecule has 0 aliphatic heterocycles. The fourth-order valence-electron chi connectivity index (χ4n) is 1.78. The molecule has 23 heavy (non-hydrogen) atoms. The number of nitrogens with zero attached hydrogens (tertiary/aromatic N) is 3. The zero-order chi connectivity index (χ0) is 16.8. The van der Waals surface area contributed by atoms with E-state index in [1.807, 2.05) is 11.5 Å². The van der Waals surface area contributed by atoms with Gasteiger partial charge in [0, 0.05) is 6.54 Å². The van der Waals surface area contributed by atoms with Gasteiger partial charge in [0.1, 0.15) is 10.8 Å². The fourth-order valence-corrected chi connectivity index (χ4v) is 3.36. The number of anilines is 1. The molecule has 2 heterocycles. The Hall–Kier alpha value is -2.13. The maximum atomic E-state index is 12.1. The zero-order valence-corrected chi connectivity index (χ0v) is 14.4. The molecule has 1 N–H and O–H groups in total. The van der Waals surface area contributed by atoms with Crippen molar-refractivity contribution >= 4 is 40.0 Å². The van der Waals surface area contributed by atoms with Gasteiger partial charge in [-0.1, -0.05) is 17.8 Å². The van der Waals surface area contributed by atoms with Gasteiger partial charge < -0.3 is 14.6 Å². The summed E-state index contributed by atoms with van der Waals surface area (Å²) in [6.45, 7) is 6.12. The van der Waals surface area contributed by atoms with Gasteiger partial charge in [0.15, 0.2) is 5.16 Å². The molecular weight excluding hydrogens is 336 g/mol. The molecule has 9 heteroatoms. The zero-order valence-electron chi connectivity index (χ0n) is 12.7. The van der Waals surface area contributed by atoms with Crippen molar-refractivity contribution in [1.82, 2.24) is 14.8 Å². The van der Waals surface area contributed by atoms with E-state index in [0.29, 0.717) is 22.3 Å². The first kappa shape index (κ1) is 17.2. The average Bonchev–Trinajstić information content (AvgIpc) is 3.13. The molecule has 0 radical (unpaired) electrons. The summed E-state index contributed by atoms with van der Waals surface area (Å²) >= 11 is 2.55. The van der Waals surface area contributed by atoms with Crippen molar-refractivity contribution in [2.45, 2.75) is 18.6 Å². The third kappa shape index (κ3) is 4.20. The van der Waals surface area contributed by atoms with E-state index in [1.54, 1.807) is 17.5 Å². The Morgan fingerprint density at radius 2 is 2.30 bits per heavy atom. The topological polar surface area (TPSA) is 86.1 Å². The van der Waals surface area contributed by atoms with Crippen LogP contribution in [0.25, 0.3) is 0 Å². The van der Waals surface area contributed by atoms with Gasteiger partial charge in [-0.05, 0) is 18.4 Å². The van der Waals surface area contributed by atoms with Crippen LogP contribution in [0.5, 0.6) is 0 Å². The van der Waals surface area contributed by atoms with Gasteiger partial charge >= 0.3 is 5.97 Å². The summed E-state index contributed by atoms with van der Waals surface area (Å²) in [5.74, 6) is 0.219. The van der Waals surface area contributed by atoms with Crippen molar-refractivity contribution in [2.75, 3.05) is 18.2 Å². The summed E-state index contributed by atoms with van der Waals surface area (Å²) in [6, 6.07) is 1.61. The van der Waals surface area contributed by atoms with Crippen LogP contribution in [-0.2, 0) is 16.1 Å². The maximum Gasteiger partial charge on any atom is 0.340 e. The average molecular weight is 352 g/mol. The van der Waals surface area contributed by atoms with Crippen LogP contribution in [0.4, 0.5) is 5.00 Å². The molecule has 122 valence electrons. The highest BCUT2D eigenvalue weighted by atomic mass is 32.2. The van der Waals surface area contributed by atoms with Crippen molar-refractivity contribution in [3.8, 4) is 0 Å². The number of carbonyl (C=O) groups excluding carboxylic acids is 2. The summed E-state index contributed by atoms with van der Waals surface area (Å²) in [5, 5.41) is 13.6. The molecule has 0 aliphatic carbocycles. The predicted octanol–water partition coefficient (Wildman–Crippen LogP) is 2.35. The number of aryl methyl sites for hydroxylation is 1. The Kier molecular flexibility index (Phi) is 5.94. The summed E-state index contributed by atoms with van der Waals surface area (Å²) in [7, 11) is 1.30. The van der Waals surface area contributed by atoms with Crippen LogP contribution in [0.1, 0.15) is 16.2 Å². The minimum atomic E-state index is -0.476. The molecule has 0 spiro atoms. The molecule has 0 aliphatic rings. The minimum absolute atomic E-state index is 0.161. The third-order valence-electron chi connectivity index (χ3n) is 2.87. The maximum absolute atomic E-state index is 12.1. The molecular formula is C14H16N4O3S2. The molecule has 0 aromatic carbocycles. The van der Waals surface area contributed by atoms with Gasteiger partial charge in [0.25, 0.3) is 0 Å². The summed E-state index contributed by atoms with van der Waals surface area (Å²) in [5.41, 5.74) is 0.349. The first-order chi connectivity index (χ1) is 11.1. The van der Waals surface area contributed by atoms with Crippen molar-refractivity contribution in [1.29, 1.82) is 0 Å². The third-order valence-corrected chi connectivity index (χ3v) is 4.67. The van der Waals surface area contributed by atoms with Crippen molar-refractivity contribution in [3.63, 3.8) is 0 Å². The monoisotopic (exact) mass is 352 g/mol. The van der Waals surface area contributed by atoms with E-state index in [4.69, 9.17) is 0 Å². The van der Waals surface area contributed by atoms with Gasteiger partial charge in [-0.2, -0.15) is 0 Å². The molecule has 0 saturated heterocycles. The number of thiophene rings is 1. The Labute approximate surface area is 141 Å². The fraction of sp³-hybridized carbons (Fsp3) is 0.286. The first-order valence-electron chi connectivity index (χ1n) is 6.66. The molecule has 2 aromatic rings. The lowest BCUT2D eigenvalue weighted by Gasteiger charge is -2.06. The van der Waals surface area contributed by atoms with Crippen molar-refractivity contribution < 1.29 is 14.3 Å². The van der Waals surface area contributed by atoms with E-state index in [9.17, 15) is 9.59 Å². The molecule has 0 saturated carbocycles. The second kappa shape index (κ2) is 7.93. The molecule has 2 rings (SSSR count). The number of esters is 1. The van der Waals surface area contributed by atoms with Gasteiger partial charge in [-0.3, -0.25) is 4.79 Å². The van der Waals surface area contributed by atoms with Crippen LogP contribution < -0.4 is 5.32 Å². The molecule has 0 atom stereocenters. The van der Waals surface area contributed by atoms with Gasteiger partial charge in [0.05, 0.1) is 18.4 Å². The van der Waals surface area contributed by atoms with E-state index in [1.165, 1.54) is 30.2 Å². The second-order valence-corrected chi connectivity index (χ2v) is 6.28. The molecule has 0 bridgehead atoms. The quantitative estimate of drug-likeness (QED) is 0.468. The number of aromatic nitrogens is 3. The van der Waals surface area contributed by atoms with Gasteiger partial charge in [-0.25, -0.2) is 4.79 Å². The molecule has 1 amide bonds. The number of allylic oxidation sites excluding steroid dienone is 1. The number of hydrogen-bond acceptors (Lipinski definition) is 7. The minimum Gasteiger partial charge on any atom is -0.465 e. The number of thioether (sulfide) groups is 1. The van der Waals surface area contributed by atoms with Gasteiger partial charge in [-0.15, -0.1) is 28.1 Å². The van der Waals surface area contributed by atoms with Crippen LogP contribution in [0, 0.1) is 6.92 Å². The van der Waals surface area contributed by atoms with Gasteiger partial charge in [0.2, 0.25) is 5.91 Å². The first-order valence-corrected chi connectivity index (χ1v) is 8.52. The lowest BCUT2D eigenvalue weighted by atomic mass is 10.3. The summed E-state index contributed by atoms with van der Waals surface area (Å²) < 4.78 is 6.54. The molecule has 0 fully saturated rings. The highest BCUT2D eigenvalue weighted by Gasteiger charge is 2.16. The highest BCUT2D eigenvalue weighted by molar-refractivity contribution is 7.99. The molecule has 2 aromatic heterocycles. The summed E-state index contributed by atoms with van der Waals surface area (Å²) in [6.07, 6.45) is 1.74. The van der Waals surface area contributed by atoms with Crippen LogP contribution >= 0.6 is 23.1 Å². The van der Waals surface area contributed by atoms with E-state index in [0.717, 1.165) is 5.82 Å². The molecule has 7 nitrogen and oxygen atoms in total. The van der Waals surface area contributed by atoms with E-state index in [2.05, 4.69) is 26.8 Å². The SMILES string of the molecule is C=CCn1c(C)nnc1SCC(=O)Nc1sccc1C(=O)OC. The number of carbonyl (C=O) groups is 2. The standard InChI is InChI=1S/C14H16N4O3S2/c1-4-6-18-9(2)16-17-14(18)23-8-11(19)15-12-10(5-7-22-12)13(20)21-3/h4-5,7H,1,6,8H2,2-3H3,(H,15,19). The normalized spacial score (nSPS) is 10.3. The predicted molar refractivity (Wildman–Crippen MR) is 90.0 cm³/mol. The molecule has 0 unspecified atom stereocenters. The van der Waals surface area contributed by atoms with Crippen LogP contribution in [0.2, 0.25) is 0 Å². The number of amides is 1. The van der Waals surface area contributed by atoms with Crippen LogP contribution in [-0.4, -0.2) is 39.5 Å². The lowest BCUT2D eigenvalue weighted by Crippen LogP contribution is -2.16. The highest BCUT2D eigenvalue weighted by Crippen LogP contribution is 2.24. The smallest absolute Gasteiger partial charge is 0.340 e. The van der Waals surface area contributed by atoms with Crippen LogP contribution in [0.15, 0.2) is 29.3 Å². The second-order valence-electron chi connectivity index (χ2n) is 4.42. The number of ether oxygens (including phenoxy) is 1. The summed E-state index contributed by atoms with van der Waals surface area (Å²) in [4.78, 5) is 23.6. The number of rotatable bonds is 7. The van der Waals surface area contributed by atoms with E-state index in [-0.39, 0.29) is 11.7 Å². The lowest BCUT2D eigenvalue weighted by molar-refractivity contribution is -0.113.